The van der Waals surface area contributed by atoms with Gasteiger partial charge in [-0.05, 0) is 0 Å². The Morgan fingerprint density at radius 3 is 0.941 bits per heavy atom. The molecule has 1 aliphatic rings. The lowest BCUT2D eigenvalue weighted by atomic mass is 9.60. The molecule has 0 nitrogen and oxygen atoms in total. The fourth-order valence-electron chi connectivity index (χ4n) is 3.05. The smallest absolute Gasteiger partial charge is 0.222 e. The highest BCUT2D eigenvalue weighted by atomic mass is 19.4. The second kappa shape index (κ2) is 6.90. The second-order valence-electron chi connectivity index (χ2n) is 6.39. The molecule has 0 aromatic heterocycles. The van der Waals surface area contributed by atoms with E-state index in [-0.39, 0.29) is 0 Å². The van der Waals surface area contributed by atoms with Gasteiger partial charge >= 0.3 is 54.1 Å². The first kappa shape index (κ1) is 30.2. The van der Waals surface area contributed by atoms with Crippen LogP contribution in [0.4, 0.5) is 96.6 Å². The molecule has 0 aromatic rings. The Morgan fingerprint density at radius 2 is 0.765 bits per heavy atom. The van der Waals surface area contributed by atoms with Crippen molar-refractivity contribution in [3.8, 4) is 0 Å². The van der Waals surface area contributed by atoms with Gasteiger partial charge in [-0.15, -0.1) is 0 Å². The van der Waals surface area contributed by atoms with Crippen molar-refractivity contribution in [1.82, 2.24) is 0 Å². The molecule has 0 bridgehead atoms. The molecular weight excluding hydrogens is 562 g/mol. The van der Waals surface area contributed by atoms with E-state index in [1.54, 1.807) is 0 Å². The van der Waals surface area contributed by atoms with Crippen molar-refractivity contribution in [3.05, 3.63) is 11.4 Å². The van der Waals surface area contributed by atoms with E-state index in [0.29, 0.717) is 0 Å². The summed E-state index contributed by atoms with van der Waals surface area (Å²) in [5, 5.41) is 0. The Kier molecular flexibility index (Phi) is 6.14. The number of rotatable bonds is 3. The SMILES string of the molecule is FC1=C(C(C(F)(F)F)(C(F)(F)C(F)(F)F)C(F)(C(F)(F)F)C(F)(F)F)C(F)(F)C(F)(F)C1(F)F. The van der Waals surface area contributed by atoms with E-state index in [2.05, 4.69) is 0 Å². The molecule has 0 aliphatic heterocycles. The zero-order valence-corrected chi connectivity index (χ0v) is 14.3. The van der Waals surface area contributed by atoms with Crippen LogP contribution in [0, 0.1) is 5.41 Å². The Labute approximate surface area is 169 Å². The molecule has 0 saturated carbocycles. The first-order valence-electron chi connectivity index (χ1n) is 7.16. The molecule has 0 radical (unpaired) electrons. The third-order valence-corrected chi connectivity index (χ3v) is 4.52. The minimum absolute atomic E-state index is 5.64. The monoisotopic (exact) mass is 562 g/mol. The standard InChI is InChI=1S/C12F22/c13-2-1(4(14,15)8(21,22)5(2,16)17)3(9(23,24)25,7(19,20)12(32,33)34)6(18,10(26,27)28)11(29,30)31. The average Bonchev–Trinajstić information content (AvgIpc) is 2.60. The number of allylic oxidation sites excluding steroid dienone is 2. The van der Waals surface area contributed by atoms with Gasteiger partial charge in [0.25, 0.3) is 0 Å². The molecule has 0 N–H and O–H groups in total. The van der Waals surface area contributed by atoms with Crippen molar-refractivity contribution in [2.45, 2.75) is 54.1 Å². The van der Waals surface area contributed by atoms with Crippen LogP contribution < -0.4 is 0 Å². The minimum atomic E-state index is -9.54. The summed E-state index contributed by atoms with van der Waals surface area (Å²) >= 11 is 0. The fourth-order valence-corrected chi connectivity index (χ4v) is 3.05. The lowest BCUT2D eigenvalue weighted by molar-refractivity contribution is -0.471. The number of hydrogen-bond donors (Lipinski definition) is 0. The maximum atomic E-state index is 14.3. The molecule has 1 unspecified atom stereocenters. The van der Waals surface area contributed by atoms with Crippen LogP contribution in [0.1, 0.15) is 0 Å². The van der Waals surface area contributed by atoms with Crippen molar-refractivity contribution in [3.63, 3.8) is 0 Å². The summed E-state index contributed by atoms with van der Waals surface area (Å²) in [6, 6.07) is 0. The van der Waals surface area contributed by atoms with Crippen LogP contribution in [-0.4, -0.2) is 54.1 Å². The van der Waals surface area contributed by atoms with Gasteiger partial charge in [0.1, 0.15) is 0 Å². The molecule has 22 heteroatoms. The topological polar surface area (TPSA) is 0 Å². The van der Waals surface area contributed by atoms with Crippen LogP contribution >= 0.6 is 0 Å². The van der Waals surface area contributed by atoms with Crippen LogP contribution in [-0.2, 0) is 0 Å². The van der Waals surface area contributed by atoms with Gasteiger partial charge in [0, 0.05) is 0 Å². The summed E-state index contributed by atoms with van der Waals surface area (Å²) in [5.74, 6) is -39.0. The predicted octanol–water partition coefficient (Wildman–Crippen LogP) is 7.71. The quantitative estimate of drug-likeness (QED) is 0.310. The van der Waals surface area contributed by atoms with Gasteiger partial charge in [-0.25, -0.2) is 8.78 Å². The third kappa shape index (κ3) is 3.03. The summed E-state index contributed by atoms with van der Waals surface area (Å²) in [4.78, 5) is 0. The lowest BCUT2D eigenvalue weighted by Crippen LogP contribution is -2.78. The molecule has 0 fully saturated rings. The lowest BCUT2D eigenvalue weighted by Gasteiger charge is -2.51. The van der Waals surface area contributed by atoms with Crippen molar-refractivity contribution >= 4 is 0 Å². The van der Waals surface area contributed by atoms with Gasteiger partial charge in [-0.1, -0.05) is 0 Å². The zero-order valence-electron chi connectivity index (χ0n) is 14.3. The van der Waals surface area contributed by atoms with Crippen LogP contribution in [0.5, 0.6) is 0 Å². The molecule has 1 atom stereocenters. The van der Waals surface area contributed by atoms with E-state index < -0.39 is 70.9 Å². The molecular formula is C12F22. The molecule has 202 valence electrons. The van der Waals surface area contributed by atoms with E-state index in [1.165, 1.54) is 0 Å². The van der Waals surface area contributed by atoms with Crippen molar-refractivity contribution in [2.24, 2.45) is 5.41 Å². The fraction of sp³-hybridized carbons (Fsp3) is 0.833. The Hall–Kier alpha value is -1.80. The molecule has 0 aromatic carbocycles. The molecule has 1 aliphatic carbocycles. The Morgan fingerprint density at radius 1 is 0.441 bits per heavy atom. The summed E-state index contributed by atoms with van der Waals surface area (Å²) < 4.78 is 292. The second-order valence-corrected chi connectivity index (χ2v) is 6.39. The maximum Gasteiger partial charge on any atom is 0.454 e. The molecule has 34 heavy (non-hydrogen) atoms. The molecule has 0 amide bonds. The summed E-state index contributed by atoms with van der Waals surface area (Å²) in [6.45, 7) is 0. The maximum absolute atomic E-state index is 14.3. The van der Waals surface area contributed by atoms with Crippen LogP contribution in [0.25, 0.3) is 0 Å². The number of alkyl halides is 21. The minimum Gasteiger partial charge on any atom is -0.222 e. The number of halogens is 22. The van der Waals surface area contributed by atoms with Crippen LogP contribution in [0.15, 0.2) is 11.4 Å². The summed E-state index contributed by atoms with van der Waals surface area (Å²) in [6.07, 6.45) is -35.6. The summed E-state index contributed by atoms with van der Waals surface area (Å²) in [7, 11) is 0. The van der Waals surface area contributed by atoms with E-state index in [0.717, 1.165) is 0 Å². The first-order chi connectivity index (χ1) is 14.3. The van der Waals surface area contributed by atoms with Gasteiger partial charge in [-0.2, -0.15) is 87.8 Å². The van der Waals surface area contributed by atoms with E-state index >= 15 is 0 Å². The van der Waals surface area contributed by atoms with Gasteiger partial charge in [0.2, 0.25) is 5.41 Å². The zero-order chi connectivity index (χ0) is 28.2. The van der Waals surface area contributed by atoms with Gasteiger partial charge in [-0.3, -0.25) is 0 Å². The van der Waals surface area contributed by atoms with E-state index in [9.17, 15) is 96.6 Å². The van der Waals surface area contributed by atoms with Crippen LogP contribution in [0.3, 0.4) is 0 Å². The first-order valence-corrected chi connectivity index (χ1v) is 7.16. The highest BCUT2D eigenvalue weighted by Crippen LogP contribution is 2.77. The van der Waals surface area contributed by atoms with E-state index in [4.69, 9.17) is 0 Å². The van der Waals surface area contributed by atoms with Crippen molar-refractivity contribution < 1.29 is 96.6 Å². The highest BCUT2D eigenvalue weighted by Gasteiger charge is 3.02. The largest absolute Gasteiger partial charge is 0.454 e. The number of hydrogen-bond acceptors (Lipinski definition) is 0. The summed E-state index contributed by atoms with van der Waals surface area (Å²) in [5.41, 5.74) is -25.2. The molecule has 0 spiro atoms. The molecule has 1 rings (SSSR count). The van der Waals surface area contributed by atoms with Crippen molar-refractivity contribution in [2.75, 3.05) is 0 Å². The third-order valence-electron chi connectivity index (χ3n) is 4.52. The molecule has 0 heterocycles. The Bertz CT molecular complexity index is 827. The predicted molar refractivity (Wildman–Crippen MR) is 58.4 cm³/mol. The van der Waals surface area contributed by atoms with Gasteiger partial charge in [0.05, 0.1) is 5.57 Å². The van der Waals surface area contributed by atoms with Gasteiger partial charge < -0.3 is 0 Å². The average molecular weight is 562 g/mol. The van der Waals surface area contributed by atoms with Crippen molar-refractivity contribution in [1.29, 1.82) is 0 Å². The normalized spacial score (nSPS) is 23.8. The van der Waals surface area contributed by atoms with Crippen LogP contribution in [0.2, 0.25) is 0 Å². The highest BCUT2D eigenvalue weighted by molar-refractivity contribution is 5.48. The van der Waals surface area contributed by atoms with E-state index in [1.807, 2.05) is 0 Å². The van der Waals surface area contributed by atoms with Gasteiger partial charge in [0.15, 0.2) is 5.83 Å². The Balaban J connectivity index is 4.85. The molecule has 0 saturated heterocycles.